The number of carbonyl (C=O) groups excluding carboxylic acids is 2. The van der Waals surface area contributed by atoms with Gasteiger partial charge in [0.1, 0.15) is 11.8 Å². The summed E-state index contributed by atoms with van der Waals surface area (Å²) >= 11 is 0. The van der Waals surface area contributed by atoms with E-state index in [2.05, 4.69) is 19.2 Å². The lowest BCUT2D eigenvalue weighted by Crippen LogP contribution is -2.33. The molecule has 0 aromatic heterocycles. The number of hydrogen-bond donors (Lipinski definition) is 1. The van der Waals surface area contributed by atoms with E-state index in [4.69, 9.17) is 14.7 Å². The summed E-state index contributed by atoms with van der Waals surface area (Å²) in [5.74, 6) is -0.363. The lowest BCUT2D eigenvalue weighted by molar-refractivity contribution is -0.150. The number of rotatable bonds is 9. The number of nitrogens with zero attached hydrogens (tertiary/aromatic N) is 1. The van der Waals surface area contributed by atoms with Crippen molar-refractivity contribution in [2.24, 2.45) is 5.92 Å². The largest absolute Gasteiger partial charge is 0.481 e. The van der Waals surface area contributed by atoms with Crippen LogP contribution in [0.15, 0.2) is 54.6 Å². The van der Waals surface area contributed by atoms with Crippen molar-refractivity contribution in [3.8, 4) is 11.8 Å². The maximum Gasteiger partial charge on any atom is 0.344 e. The number of carbonyl (C=O) groups is 2. The first-order valence-electron chi connectivity index (χ1n) is 9.11. The highest BCUT2D eigenvalue weighted by Gasteiger charge is 2.17. The van der Waals surface area contributed by atoms with Crippen LogP contribution in [-0.2, 0) is 14.3 Å². The van der Waals surface area contributed by atoms with Crippen LogP contribution in [-0.4, -0.2) is 25.1 Å². The molecule has 2 rings (SSSR count). The molecule has 6 nitrogen and oxygen atoms in total. The lowest BCUT2D eigenvalue weighted by Gasteiger charge is -2.21. The second kappa shape index (κ2) is 10.7. The molecule has 28 heavy (non-hydrogen) atoms. The summed E-state index contributed by atoms with van der Waals surface area (Å²) < 4.78 is 10.3. The van der Waals surface area contributed by atoms with Gasteiger partial charge >= 0.3 is 5.97 Å². The number of nitriles is 1. The Labute approximate surface area is 165 Å². The highest BCUT2D eigenvalue weighted by molar-refractivity contribution is 5.81. The summed E-state index contributed by atoms with van der Waals surface area (Å²) in [7, 11) is 0. The molecule has 0 saturated heterocycles. The Morgan fingerprint density at radius 2 is 1.71 bits per heavy atom. The van der Waals surface area contributed by atoms with Crippen LogP contribution < -0.4 is 10.1 Å². The standard InChI is InChI=1S/C22H24N2O4/c1-16(2)12-19(17-8-4-3-5-9-17)24-21(25)14-28-22(26)15-27-20-11-7-6-10-18(20)13-23/h3-11,16,19H,12,14-15H2,1-2H3,(H,24,25)/t19-/m0/s1. The number of para-hydroxylation sites is 1. The lowest BCUT2D eigenvalue weighted by atomic mass is 9.97. The van der Waals surface area contributed by atoms with E-state index in [0.29, 0.717) is 17.2 Å². The second-order valence-corrected chi connectivity index (χ2v) is 6.72. The van der Waals surface area contributed by atoms with E-state index in [9.17, 15) is 9.59 Å². The van der Waals surface area contributed by atoms with Crippen LogP contribution >= 0.6 is 0 Å². The maximum absolute atomic E-state index is 12.2. The average Bonchev–Trinajstić information content (AvgIpc) is 2.70. The van der Waals surface area contributed by atoms with E-state index in [1.54, 1.807) is 24.3 Å². The minimum Gasteiger partial charge on any atom is -0.481 e. The summed E-state index contributed by atoms with van der Waals surface area (Å²) in [6.07, 6.45) is 0.776. The summed E-state index contributed by atoms with van der Waals surface area (Å²) in [6, 6.07) is 18.1. The van der Waals surface area contributed by atoms with Gasteiger partial charge in [0, 0.05) is 0 Å². The van der Waals surface area contributed by atoms with Gasteiger partial charge in [-0.05, 0) is 30.0 Å². The van der Waals surface area contributed by atoms with Gasteiger partial charge in [-0.3, -0.25) is 4.79 Å². The fourth-order valence-electron chi connectivity index (χ4n) is 2.68. The molecule has 6 heteroatoms. The highest BCUT2D eigenvalue weighted by Crippen LogP contribution is 2.21. The Balaban J connectivity index is 1.83. The quantitative estimate of drug-likeness (QED) is 0.674. The SMILES string of the molecule is CC(C)C[C@H](NC(=O)COC(=O)COc1ccccc1C#N)c1ccccc1. The number of esters is 1. The van der Waals surface area contributed by atoms with Crippen molar-refractivity contribution in [2.45, 2.75) is 26.3 Å². The highest BCUT2D eigenvalue weighted by atomic mass is 16.6. The van der Waals surface area contributed by atoms with Crippen molar-refractivity contribution < 1.29 is 19.1 Å². The predicted molar refractivity (Wildman–Crippen MR) is 104 cm³/mol. The van der Waals surface area contributed by atoms with E-state index in [0.717, 1.165) is 12.0 Å². The molecular formula is C22H24N2O4. The predicted octanol–water partition coefficient (Wildman–Crippen LogP) is 3.38. The van der Waals surface area contributed by atoms with E-state index in [-0.39, 0.29) is 25.2 Å². The van der Waals surface area contributed by atoms with Gasteiger partial charge in [-0.1, -0.05) is 56.3 Å². The van der Waals surface area contributed by atoms with Gasteiger partial charge in [-0.2, -0.15) is 5.26 Å². The van der Waals surface area contributed by atoms with Gasteiger partial charge in [0.05, 0.1) is 11.6 Å². The zero-order valence-corrected chi connectivity index (χ0v) is 16.1. The molecule has 0 aliphatic rings. The molecule has 0 unspecified atom stereocenters. The smallest absolute Gasteiger partial charge is 0.344 e. The molecule has 2 aromatic carbocycles. The second-order valence-electron chi connectivity index (χ2n) is 6.72. The third kappa shape index (κ3) is 6.76. The third-order valence-corrected chi connectivity index (χ3v) is 3.96. The Hall–Kier alpha value is -3.33. The first kappa shape index (κ1) is 21.0. The van der Waals surface area contributed by atoms with Crippen LogP contribution in [0.4, 0.5) is 0 Å². The molecular weight excluding hydrogens is 356 g/mol. The van der Waals surface area contributed by atoms with Crippen molar-refractivity contribution in [1.29, 1.82) is 5.26 Å². The number of nitrogens with one attached hydrogen (secondary N) is 1. The first-order chi connectivity index (χ1) is 13.5. The van der Waals surface area contributed by atoms with Crippen LogP contribution in [0.25, 0.3) is 0 Å². The molecule has 0 aliphatic carbocycles. The van der Waals surface area contributed by atoms with Crippen LogP contribution in [0.3, 0.4) is 0 Å². The van der Waals surface area contributed by atoms with Gasteiger partial charge in [0.15, 0.2) is 13.2 Å². The molecule has 146 valence electrons. The van der Waals surface area contributed by atoms with Gasteiger partial charge < -0.3 is 14.8 Å². The molecule has 0 radical (unpaired) electrons. The number of amides is 1. The van der Waals surface area contributed by atoms with Gasteiger partial charge in [0.25, 0.3) is 5.91 Å². The van der Waals surface area contributed by atoms with Gasteiger partial charge in [-0.15, -0.1) is 0 Å². The Bertz CT molecular complexity index is 828. The van der Waals surface area contributed by atoms with Crippen molar-refractivity contribution in [1.82, 2.24) is 5.32 Å². The molecule has 0 aliphatic heterocycles. The van der Waals surface area contributed by atoms with E-state index in [1.165, 1.54) is 0 Å². The van der Waals surface area contributed by atoms with Crippen molar-refractivity contribution in [3.05, 3.63) is 65.7 Å². The van der Waals surface area contributed by atoms with Gasteiger partial charge in [-0.25, -0.2) is 4.79 Å². The molecule has 0 fully saturated rings. The van der Waals surface area contributed by atoms with Crippen LogP contribution in [0.2, 0.25) is 0 Å². The van der Waals surface area contributed by atoms with Crippen molar-refractivity contribution in [3.63, 3.8) is 0 Å². The Kier molecular flexibility index (Phi) is 8.04. The number of ether oxygens (including phenoxy) is 2. The van der Waals surface area contributed by atoms with Crippen molar-refractivity contribution in [2.75, 3.05) is 13.2 Å². The zero-order valence-electron chi connectivity index (χ0n) is 16.1. The molecule has 1 N–H and O–H groups in total. The van der Waals surface area contributed by atoms with Crippen LogP contribution in [0, 0.1) is 17.2 Å². The topological polar surface area (TPSA) is 88.4 Å². The fraction of sp³-hybridized carbons (Fsp3) is 0.318. The monoisotopic (exact) mass is 380 g/mol. The molecule has 2 aromatic rings. The number of hydrogen-bond acceptors (Lipinski definition) is 5. The first-order valence-corrected chi connectivity index (χ1v) is 9.11. The molecule has 0 saturated carbocycles. The summed E-state index contributed by atoms with van der Waals surface area (Å²) in [5, 5.41) is 11.9. The van der Waals surface area contributed by atoms with Crippen LogP contribution in [0.5, 0.6) is 5.75 Å². The molecule has 0 bridgehead atoms. The maximum atomic E-state index is 12.2. The Morgan fingerprint density at radius 1 is 1.04 bits per heavy atom. The minimum atomic E-state index is -0.678. The number of benzene rings is 2. The Morgan fingerprint density at radius 3 is 2.39 bits per heavy atom. The third-order valence-electron chi connectivity index (χ3n) is 3.96. The summed E-state index contributed by atoms with van der Waals surface area (Å²) in [6.45, 7) is 3.40. The molecule has 1 amide bonds. The molecule has 0 heterocycles. The minimum absolute atomic E-state index is 0.147. The van der Waals surface area contributed by atoms with E-state index in [1.807, 2.05) is 36.4 Å². The van der Waals surface area contributed by atoms with Crippen molar-refractivity contribution >= 4 is 11.9 Å². The molecule has 1 atom stereocenters. The fourth-order valence-corrected chi connectivity index (χ4v) is 2.68. The molecule has 0 spiro atoms. The van der Waals surface area contributed by atoms with Gasteiger partial charge in [0.2, 0.25) is 0 Å². The summed E-state index contributed by atoms with van der Waals surface area (Å²) in [5.41, 5.74) is 1.33. The average molecular weight is 380 g/mol. The zero-order chi connectivity index (χ0) is 20.4. The van der Waals surface area contributed by atoms with E-state index < -0.39 is 5.97 Å². The summed E-state index contributed by atoms with van der Waals surface area (Å²) in [4.78, 5) is 24.1. The van der Waals surface area contributed by atoms with Crippen LogP contribution in [0.1, 0.15) is 37.4 Å². The van der Waals surface area contributed by atoms with E-state index >= 15 is 0 Å². The normalized spacial score (nSPS) is 11.4.